The van der Waals surface area contributed by atoms with E-state index < -0.39 is 9.84 Å². The van der Waals surface area contributed by atoms with Crippen LogP contribution in [0.25, 0.3) is 10.3 Å². The molecule has 10 heteroatoms. The molecule has 0 fully saturated rings. The average molecular weight is 409 g/mol. The van der Waals surface area contributed by atoms with Crippen molar-refractivity contribution in [3.63, 3.8) is 0 Å². The minimum absolute atomic E-state index is 0.0695. The topological polar surface area (TPSA) is 125 Å². The Bertz CT molecular complexity index is 1090. The van der Waals surface area contributed by atoms with Gasteiger partial charge >= 0.3 is 4.87 Å². The van der Waals surface area contributed by atoms with Crippen molar-refractivity contribution in [3.8, 4) is 0 Å². The molecule has 2 aromatic heterocycles. The van der Waals surface area contributed by atoms with Crippen LogP contribution in [0.15, 0.2) is 40.3 Å². The normalized spacial score (nSPS) is 13.2. The van der Waals surface area contributed by atoms with Crippen molar-refractivity contribution in [2.24, 2.45) is 5.92 Å². The highest BCUT2D eigenvalue weighted by molar-refractivity contribution is 7.90. The van der Waals surface area contributed by atoms with E-state index in [9.17, 15) is 18.3 Å². The average Bonchev–Trinajstić information content (AvgIpc) is 3.00. The fourth-order valence-electron chi connectivity index (χ4n) is 2.52. The van der Waals surface area contributed by atoms with E-state index in [1.165, 1.54) is 0 Å². The lowest BCUT2D eigenvalue weighted by atomic mass is 10.1. The van der Waals surface area contributed by atoms with Gasteiger partial charge in [0.05, 0.1) is 18.4 Å². The van der Waals surface area contributed by atoms with Crippen molar-refractivity contribution < 1.29 is 13.5 Å². The summed E-state index contributed by atoms with van der Waals surface area (Å²) in [6, 6.07) is 8.40. The van der Waals surface area contributed by atoms with Crippen molar-refractivity contribution in [1.29, 1.82) is 0 Å². The number of anilines is 1. The molecule has 3 rings (SSSR count). The van der Waals surface area contributed by atoms with Gasteiger partial charge in [-0.2, -0.15) is 9.97 Å². The zero-order chi connectivity index (χ0) is 19.6. The van der Waals surface area contributed by atoms with E-state index in [4.69, 9.17) is 0 Å². The van der Waals surface area contributed by atoms with E-state index >= 15 is 0 Å². The van der Waals surface area contributed by atoms with Gasteiger partial charge in [-0.05, 0) is 11.5 Å². The van der Waals surface area contributed by atoms with Crippen LogP contribution in [0.3, 0.4) is 0 Å². The molecule has 0 saturated carbocycles. The van der Waals surface area contributed by atoms with Crippen LogP contribution in [0, 0.1) is 5.92 Å². The number of aliphatic hydroxyl groups excluding tert-OH is 1. The second kappa shape index (κ2) is 7.75. The first-order valence-electron chi connectivity index (χ1n) is 8.35. The van der Waals surface area contributed by atoms with Crippen LogP contribution in [-0.4, -0.2) is 41.1 Å². The molecule has 27 heavy (non-hydrogen) atoms. The number of nitrogens with zero attached hydrogens (tertiary/aromatic N) is 2. The lowest BCUT2D eigenvalue weighted by molar-refractivity contribution is 0.249. The number of hydrogen-bond acceptors (Lipinski definition) is 8. The van der Waals surface area contributed by atoms with E-state index in [1.54, 1.807) is 30.3 Å². The van der Waals surface area contributed by atoms with Crippen LogP contribution in [0.2, 0.25) is 0 Å². The SMILES string of the molecule is CC(C)[C@H](CO)Nc1nc(S(=O)(=O)Cc2ccccc2)nc2[nH]c(=O)sc12. The standard InChI is InChI=1S/C17H20N4O4S2/c1-10(2)12(8-22)18-14-13-15(21-17(23)26-13)20-16(19-14)27(24,25)9-11-6-4-3-5-7-11/h3-7,10,12,22H,8-9H2,1-2H3,(H2,18,19,20,21,23)/t12-/m0/s1. The molecule has 0 radical (unpaired) electrons. The Balaban J connectivity index is 2.07. The smallest absolute Gasteiger partial charge is 0.306 e. The van der Waals surface area contributed by atoms with Gasteiger partial charge in [-0.15, -0.1) is 0 Å². The fourth-order valence-corrected chi connectivity index (χ4v) is 4.47. The first-order chi connectivity index (χ1) is 12.8. The molecular weight excluding hydrogens is 388 g/mol. The van der Waals surface area contributed by atoms with Gasteiger partial charge in [0.15, 0.2) is 11.5 Å². The molecule has 8 nitrogen and oxygen atoms in total. The summed E-state index contributed by atoms with van der Waals surface area (Å²) in [7, 11) is -3.82. The number of sulfone groups is 1. The second-order valence-corrected chi connectivity index (χ2v) is 9.34. The van der Waals surface area contributed by atoms with Gasteiger partial charge in [0.2, 0.25) is 9.84 Å². The number of aromatic nitrogens is 3. The third-order valence-electron chi connectivity index (χ3n) is 4.06. The number of aromatic amines is 1. The number of H-pyrrole nitrogens is 1. The van der Waals surface area contributed by atoms with Gasteiger partial charge in [-0.3, -0.25) is 9.78 Å². The summed E-state index contributed by atoms with van der Waals surface area (Å²) < 4.78 is 26.0. The molecule has 0 spiro atoms. The number of benzene rings is 1. The van der Waals surface area contributed by atoms with Crippen molar-refractivity contribution >= 4 is 37.3 Å². The number of hydrogen-bond donors (Lipinski definition) is 3. The molecule has 1 aromatic carbocycles. The van der Waals surface area contributed by atoms with Gasteiger partial charge in [0.1, 0.15) is 4.70 Å². The summed E-state index contributed by atoms with van der Waals surface area (Å²) in [4.78, 5) is 22.2. The van der Waals surface area contributed by atoms with Crippen LogP contribution in [0.4, 0.5) is 5.82 Å². The van der Waals surface area contributed by atoms with E-state index in [2.05, 4.69) is 20.3 Å². The van der Waals surface area contributed by atoms with Gasteiger partial charge in [-0.25, -0.2) is 8.42 Å². The van der Waals surface area contributed by atoms with Crippen LogP contribution >= 0.6 is 11.3 Å². The lowest BCUT2D eigenvalue weighted by Crippen LogP contribution is -2.30. The van der Waals surface area contributed by atoms with E-state index in [0.29, 0.717) is 10.3 Å². The molecule has 3 aromatic rings. The van der Waals surface area contributed by atoms with Gasteiger partial charge in [0, 0.05) is 0 Å². The summed E-state index contributed by atoms with van der Waals surface area (Å²) in [6.07, 6.45) is 0. The van der Waals surface area contributed by atoms with E-state index in [-0.39, 0.29) is 45.8 Å². The monoisotopic (exact) mass is 408 g/mol. The molecule has 0 aliphatic rings. The maximum Gasteiger partial charge on any atom is 0.306 e. The van der Waals surface area contributed by atoms with Gasteiger partial charge in [0.25, 0.3) is 5.16 Å². The predicted octanol–water partition coefficient (Wildman–Crippen LogP) is 1.78. The summed E-state index contributed by atoms with van der Waals surface area (Å²) in [5.41, 5.74) is 0.777. The molecule has 2 heterocycles. The van der Waals surface area contributed by atoms with Gasteiger partial charge in [-0.1, -0.05) is 55.5 Å². The Morgan fingerprint density at radius 2 is 1.93 bits per heavy atom. The van der Waals surface area contributed by atoms with E-state index in [0.717, 1.165) is 11.3 Å². The summed E-state index contributed by atoms with van der Waals surface area (Å²) >= 11 is 0.891. The van der Waals surface area contributed by atoms with Crippen LogP contribution in [0.5, 0.6) is 0 Å². The zero-order valence-electron chi connectivity index (χ0n) is 14.8. The highest BCUT2D eigenvalue weighted by Crippen LogP contribution is 2.25. The minimum Gasteiger partial charge on any atom is -0.394 e. The summed E-state index contributed by atoms with van der Waals surface area (Å²) in [6.45, 7) is 3.67. The van der Waals surface area contributed by atoms with Crippen molar-refractivity contribution in [2.75, 3.05) is 11.9 Å². The maximum atomic E-state index is 12.8. The molecule has 0 aliphatic heterocycles. The van der Waals surface area contributed by atoms with Crippen LogP contribution in [0.1, 0.15) is 19.4 Å². The predicted molar refractivity (Wildman–Crippen MR) is 105 cm³/mol. The molecule has 1 atom stereocenters. The number of fused-ring (bicyclic) bond motifs is 1. The van der Waals surface area contributed by atoms with Crippen LogP contribution in [-0.2, 0) is 15.6 Å². The molecule has 0 bridgehead atoms. The van der Waals surface area contributed by atoms with Crippen molar-refractivity contribution in [2.45, 2.75) is 30.8 Å². The van der Waals surface area contributed by atoms with Crippen molar-refractivity contribution in [3.05, 3.63) is 45.6 Å². The largest absolute Gasteiger partial charge is 0.394 e. The quantitative estimate of drug-likeness (QED) is 0.509. The number of aliphatic hydroxyl groups is 1. The molecule has 0 aliphatic carbocycles. The zero-order valence-corrected chi connectivity index (χ0v) is 16.5. The first kappa shape index (κ1) is 19.5. The lowest BCUT2D eigenvalue weighted by Gasteiger charge is -2.20. The fraction of sp³-hybridized carbons (Fsp3) is 0.353. The molecule has 3 N–H and O–H groups in total. The third kappa shape index (κ3) is 4.34. The number of thiazole rings is 1. The van der Waals surface area contributed by atoms with Gasteiger partial charge < -0.3 is 10.4 Å². The molecule has 0 saturated heterocycles. The van der Waals surface area contributed by atoms with E-state index in [1.807, 2.05) is 13.8 Å². The van der Waals surface area contributed by atoms with Crippen molar-refractivity contribution in [1.82, 2.24) is 15.0 Å². The first-order valence-corrected chi connectivity index (χ1v) is 10.8. The second-order valence-electron chi connectivity index (χ2n) is 6.47. The summed E-state index contributed by atoms with van der Waals surface area (Å²) in [5, 5.41) is 12.3. The highest BCUT2D eigenvalue weighted by atomic mass is 32.2. The Labute approximate surface area is 160 Å². The third-order valence-corrected chi connectivity index (χ3v) is 6.39. The Morgan fingerprint density at radius 3 is 2.56 bits per heavy atom. The highest BCUT2D eigenvalue weighted by Gasteiger charge is 2.24. The Hall–Kier alpha value is -2.30. The molecule has 0 unspecified atom stereocenters. The number of nitrogens with one attached hydrogen (secondary N) is 2. The van der Waals surface area contributed by atoms with Crippen LogP contribution < -0.4 is 10.2 Å². The maximum absolute atomic E-state index is 12.8. The summed E-state index contributed by atoms with van der Waals surface area (Å²) in [5.74, 6) is 0.0450. The Morgan fingerprint density at radius 1 is 1.22 bits per heavy atom. The Kier molecular flexibility index (Phi) is 5.59. The number of rotatable bonds is 7. The molecular formula is C17H20N4O4S2. The molecule has 144 valence electrons. The minimum atomic E-state index is -3.82. The molecule has 0 amide bonds.